The summed E-state index contributed by atoms with van der Waals surface area (Å²) in [5.74, 6) is 0.881. The van der Waals surface area contributed by atoms with Crippen molar-refractivity contribution in [2.24, 2.45) is 4.99 Å². The third kappa shape index (κ3) is 6.35. The molecule has 0 saturated carbocycles. The molecule has 2 aromatic carbocycles. The average Bonchev–Trinajstić information content (AvgIpc) is 3.45. The second-order valence-electron chi connectivity index (χ2n) is 8.14. The van der Waals surface area contributed by atoms with Crippen molar-refractivity contribution in [3.05, 3.63) is 65.7 Å². The standard InChI is InChI=1S/C24H33N5.HI/c1-25-24(27-22-13-16-29(19-22)23-7-3-2-4-8-23)26-17-20-9-11-21(12-10-20)18-28-14-5-6-15-28;/h2-4,7-12,22H,5-6,13-19H2,1H3,(H2,25,26,27);1H. The molecule has 0 amide bonds. The van der Waals surface area contributed by atoms with Gasteiger partial charge in [0, 0.05) is 45.0 Å². The first kappa shape index (κ1) is 22.9. The normalized spacial score (nSPS) is 19.6. The van der Waals surface area contributed by atoms with Crippen LogP contribution < -0.4 is 15.5 Å². The molecule has 0 aromatic heterocycles. The molecule has 0 aliphatic carbocycles. The molecule has 6 heteroatoms. The molecule has 0 radical (unpaired) electrons. The molecule has 30 heavy (non-hydrogen) atoms. The summed E-state index contributed by atoms with van der Waals surface area (Å²) in [6.07, 6.45) is 3.82. The molecule has 2 aromatic rings. The minimum absolute atomic E-state index is 0. The molecule has 1 atom stereocenters. The van der Waals surface area contributed by atoms with Crippen molar-refractivity contribution in [1.82, 2.24) is 15.5 Å². The van der Waals surface area contributed by atoms with E-state index in [-0.39, 0.29) is 24.0 Å². The molecule has 0 spiro atoms. The molecule has 1 unspecified atom stereocenters. The van der Waals surface area contributed by atoms with Crippen LogP contribution in [-0.2, 0) is 13.1 Å². The predicted octanol–water partition coefficient (Wildman–Crippen LogP) is 3.84. The van der Waals surface area contributed by atoms with Crippen LogP contribution in [0.2, 0.25) is 0 Å². The summed E-state index contributed by atoms with van der Waals surface area (Å²) in [7, 11) is 1.85. The lowest BCUT2D eigenvalue weighted by molar-refractivity contribution is 0.331. The van der Waals surface area contributed by atoms with Crippen LogP contribution in [0.3, 0.4) is 0 Å². The minimum atomic E-state index is 0. The first-order valence-corrected chi connectivity index (χ1v) is 10.9. The van der Waals surface area contributed by atoms with E-state index in [0.717, 1.165) is 38.6 Å². The maximum absolute atomic E-state index is 4.42. The van der Waals surface area contributed by atoms with Gasteiger partial charge in [0.1, 0.15) is 0 Å². The summed E-state index contributed by atoms with van der Waals surface area (Å²) >= 11 is 0. The zero-order valence-corrected chi connectivity index (χ0v) is 20.2. The lowest BCUT2D eigenvalue weighted by Gasteiger charge is -2.20. The lowest BCUT2D eigenvalue weighted by Crippen LogP contribution is -2.44. The van der Waals surface area contributed by atoms with Gasteiger partial charge in [-0.15, -0.1) is 24.0 Å². The highest BCUT2D eigenvalue weighted by atomic mass is 127. The van der Waals surface area contributed by atoms with Gasteiger partial charge in [-0.05, 0) is 55.6 Å². The van der Waals surface area contributed by atoms with Crippen LogP contribution in [0.4, 0.5) is 5.69 Å². The second kappa shape index (κ2) is 11.6. The number of hydrogen-bond donors (Lipinski definition) is 2. The van der Waals surface area contributed by atoms with Crippen LogP contribution in [0, 0.1) is 0 Å². The monoisotopic (exact) mass is 519 g/mol. The number of anilines is 1. The fourth-order valence-electron chi connectivity index (χ4n) is 4.29. The van der Waals surface area contributed by atoms with E-state index in [0.29, 0.717) is 6.04 Å². The average molecular weight is 519 g/mol. The first-order chi connectivity index (χ1) is 14.3. The Kier molecular flexibility index (Phi) is 8.81. The molecular formula is C24H34IN5. The zero-order chi connectivity index (χ0) is 19.9. The summed E-state index contributed by atoms with van der Waals surface area (Å²) < 4.78 is 0. The van der Waals surface area contributed by atoms with Crippen LogP contribution >= 0.6 is 24.0 Å². The largest absolute Gasteiger partial charge is 0.369 e. The van der Waals surface area contributed by atoms with E-state index in [1.807, 2.05) is 7.05 Å². The quantitative estimate of drug-likeness (QED) is 0.346. The van der Waals surface area contributed by atoms with Gasteiger partial charge in [0.2, 0.25) is 0 Å². The number of benzene rings is 2. The van der Waals surface area contributed by atoms with Gasteiger partial charge < -0.3 is 15.5 Å². The van der Waals surface area contributed by atoms with Crippen LogP contribution in [0.1, 0.15) is 30.4 Å². The minimum Gasteiger partial charge on any atom is -0.369 e. The van der Waals surface area contributed by atoms with Crippen molar-refractivity contribution < 1.29 is 0 Å². The van der Waals surface area contributed by atoms with E-state index in [1.54, 1.807) is 0 Å². The van der Waals surface area contributed by atoms with Crippen molar-refractivity contribution in [3.63, 3.8) is 0 Å². The van der Waals surface area contributed by atoms with E-state index in [4.69, 9.17) is 0 Å². The number of halogens is 1. The topological polar surface area (TPSA) is 42.9 Å². The van der Waals surface area contributed by atoms with Gasteiger partial charge >= 0.3 is 0 Å². The smallest absolute Gasteiger partial charge is 0.191 e. The molecule has 2 heterocycles. The van der Waals surface area contributed by atoms with Crippen molar-refractivity contribution in [3.8, 4) is 0 Å². The van der Waals surface area contributed by atoms with Gasteiger partial charge in [0.15, 0.2) is 5.96 Å². The number of rotatable bonds is 6. The summed E-state index contributed by atoms with van der Waals surface area (Å²) in [6.45, 7) is 6.45. The number of para-hydroxylation sites is 1. The van der Waals surface area contributed by atoms with Crippen LogP contribution in [-0.4, -0.2) is 50.1 Å². The van der Waals surface area contributed by atoms with Gasteiger partial charge in [0.05, 0.1) is 0 Å². The molecule has 162 valence electrons. The summed E-state index contributed by atoms with van der Waals surface area (Å²) in [5.41, 5.74) is 3.99. The second-order valence-corrected chi connectivity index (χ2v) is 8.14. The molecule has 2 saturated heterocycles. The number of aliphatic imine (C=N–C) groups is 1. The molecule has 2 aliphatic heterocycles. The first-order valence-electron chi connectivity index (χ1n) is 10.9. The Hall–Kier alpha value is -1.80. The van der Waals surface area contributed by atoms with E-state index in [9.17, 15) is 0 Å². The highest BCUT2D eigenvalue weighted by Crippen LogP contribution is 2.19. The predicted molar refractivity (Wildman–Crippen MR) is 137 cm³/mol. The van der Waals surface area contributed by atoms with Gasteiger partial charge in [-0.3, -0.25) is 9.89 Å². The van der Waals surface area contributed by atoms with Crippen molar-refractivity contribution >= 4 is 35.6 Å². The van der Waals surface area contributed by atoms with E-state index >= 15 is 0 Å². The summed E-state index contributed by atoms with van der Waals surface area (Å²) in [6, 6.07) is 20.1. The Morgan fingerprint density at radius 3 is 2.37 bits per heavy atom. The third-order valence-electron chi connectivity index (χ3n) is 5.96. The Labute approximate surface area is 198 Å². The van der Waals surface area contributed by atoms with Gasteiger partial charge in [-0.1, -0.05) is 42.5 Å². The molecule has 0 bridgehead atoms. The highest BCUT2D eigenvalue weighted by molar-refractivity contribution is 14.0. The molecule has 5 nitrogen and oxygen atoms in total. The van der Waals surface area contributed by atoms with Gasteiger partial charge in [0.25, 0.3) is 0 Å². The van der Waals surface area contributed by atoms with Crippen molar-refractivity contribution in [2.45, 2.75) is 38.4 Å². The fourth-order valence-corrected chi connectivity index (χ4v) is 4.29. The van der Waals surface area contributed by atoms with Crippen molar-refractivity contribution in [1.29, 1.82) is 0 Å². The number of nitrogens with zero attached hydrogens (tertiary/aromatic N) is 3. The van der Waals surface area contributed by atoms with E-state index < -0.39 is 0 Å². The Balaban J connectivity index is 0.00000256. The Morgan fingerprint density at radius 2 is 1.67 bits per heavy atom. The summed E-state index contributed by atoms with van der Waals surface area (Å²) in [4.78, 5) is 9.40. The number of nitrogens with one attached hydrogen (secondary N) is 2. The molecule has 4 rings (SSSR count). The maximum atomic E-state index is 4.42. The maximum Gasteiger partial charge on any atom is 0.191 e. The van der Waals surface area contributed by atoms with Crippen LogP contribution in [0.5, 0.6) is 0 Å². The van der Waals surface area contributed by atoms with Crippen LogP contribution in [0.15, 0.2) is 59.6 Å². The molecular weight excluding hydrogens is 485 g/mol. The molecule has 2 fully saturated rings. The van der Waals surface area contributed by atoms with Crippen LogP contribution in [0.25, 0.3) is 0 Å². The molecule has 2 N–H and O–H groups in total. The Bertz CT molecular complexity index is 787. The summed E-state index contributed by atoms with van der Waals surface area (Å²) in [5, 5.41) is 7.06. The molecule has 2 aliphatic rings. The third-order valence-corrected chi connectivity index (χ3v) is 5.96. The van der Waals surface area contributed by atoms with Crippen molar-refractivity contribution in [2.75, 3.05) is 38.1 Å². The zero-order valence-electron chi connectivity index (χ0n) is 17.9. The lowest BCUT2D eigenvalue weighted by atomic mass is 10.1. The number of guanidine groups is 1. The number of likely N-dealkylation sites (tertiary alicyclic amines) is 1. The van der Waals surface area contributed by atoms with E-state index in [1.165, 1.54) is 42.7 Å². The Morgan fingerprint density at radius 1 is 0.967 bits per heavy atom. The fraction of sp³-hybridized carbons (Fsp3) is 0.458. The van der Waals surface area contributed by atoms with Gasteiger partial charge in [-0.25, -0.2) is 0 Å². The SMILES string of the molecule is CN=C(NCc1ccc(CN2CCCC2)cc1)NC1CCN(c2ccccc2)C1.I. The van der Waals surface area contributed by atoms with Gasteiger partial charge in [-0.2, -0.15) is 0 Å². The number of hydrogen-bond acceptors (Lipinski definition) is 3. The highest BCUT2D eigenvalue weighted by Gasteiger charge is 2.23. The van der Waals surface area contributed by atoms with E-state index in [2.05, 4.69) is 80.0 Å².